The summed E-state index contributed by atoms with van der Waals surface area (Å²) in [5.41, 5.74) is 4.20. The van der Waals surface area contributed by atoms with Gasteiger partial charge >= 0.3 is 12.1 Å². The van der Waals surface area contributed by atoms with Crippen molar-refractivity contribution >= 4 is 16.9 Å². The lowest BCUT2D eigenvalue weighted by molar-refractivity contribution is -0.142. The Labute approximate surface area is 236 Å². The van der Waals surface area contributed by atoms with Crippen molar-refractivity contribution in [1.82, 2.24) is 4.98 Å². The maximum Gasteiger partial charge on any atom is 0.418 e. The highest BCUT2D eigenvalue weighted by molar-refractivity contribution is 5.98. The summed E-state index contributed by atoms with van der Waals surface area (Å²) in [6.07, 6.45) is -2.26. The lowest BCUT2D eigenvalue weighted by Crippen LogP contribution is -2.07. The first-order valence-electron chi connectivity index (χ1n) is 13.3. The number of hydrogen-bond donors (Lipinski definition) is 0. The second-order valence-corrected chi connectivity index (χ2v) is 9.64. The number of benzene rings is 4. The lowest BCUT2D eigenvalue weighted by Gasteiger charge is -2.17. The standard InChI is InChI=1S/C34H28F3NO3/c1-2-40-31(39)19-24-14-16-25(17-15-24)22-41-28-11-6-10-26(20-28)32-27(18-23-8-4-3-5-9-23)21-38-33-29(32)12-7-13-30(33)34(35,36)37/h3-17,20-21H,2,18-19,22H2,1H3. The molecule has 7 heteroatoms. The zero-order chi connectivity index (χ0) is 28.8. The van der Waals surface area contributed by atoms with E-state index in [9.17, 15) is 18.0 Å². The number of carbonyl (C=O) groups excluding carboxylic acids is 1. The van der Waals surface area contributed by atoms with E-state index in [0.29, 0.717) is 29.7 Å². The van der Waals surface area contributed by atoms with Crippen LogP contribution in [0.4, 0.5) is 13.2 Å². The number of alkyl halides is 3. The Morgan fingerprint density at radius 1 is 0.829 bits per heavy atom. The number of carbonyl (C=O) groups is 1. The van der Waals surface area contributed by atoms with Gasteiger partial charge in [-0.3, -0.25) is 9.78 Å². The van der Waals surface area contributed by atoms with Gasteiger partial charge in [0.25, 0.3) is 0 Å². The average Bonchev–Trinajstić information content (AvgIpc) is 2.96. The Hall–Kier alpha value is -4.65. The highest BCUT2D eigenvalue weighted by Gasteiger charge is 2.33. The van der Waals surface area contributed by atoms with Crippen LogP contribution in [0.3, 0.4) is 0 Å². The van der Waals surface area contributed by atoms with Gasteiger partial charge in [-0.25, -0.2) is 0 Å². The van der Waals surface area contributed by atoms with Crippen LogP contribution in [0.15, 0.2) is 103 Å². The lowest BCUT2D eigenvalue weighted by atomic mass is 9.92. The maximum atomic E-state index is 13.9. The van der Waals surface area contributed by atoms with Gasteiger partial charge in [-0.15, -0.1) is 0 Å². The van der Waals surface area contributed by atoms with Crippen molar-refractivity contribution in [3.63, 3.8) is 0 Å². The first-order valence-corrected chi connectivity index (χ1v) is 13.3. The van der Waals surface area contributed by atoms with E-state index >= 15 is 0 Å². The van der Waals surface area contributed by atoms with Crippen LogP contribution in [0.1, 0.15) is 34.7 Å². The predicted octanol–water partition coefficient (Wildman–Crippen LogP) is 8.20. The van der Waals surface area contributed by atoms with Gasteiger partial charge in [0.1, 0.15) is 12.4 Å². The van der Waals surface area contributed by atoms with Crippen LogP contribution in [-0.4, -0.2) is 17.6 Å². The van der Waals surface area contributed by atoms with Crippen molar-refractivity contribution in [3.05, 3.63) is 131 Å². The van der Waals surface area contributed by atoms with E-state index in [1.807, 2.05) is 78.9 Å². The molecule has 5 rings (SSSR count). The fourth-order valence-electron chi connectivity index (χ4n) is 4.82. The fraction of sp³-hybridized carbons (Fsp3) is 0.176. The number of aromatic nitrogens is 1. The molecule has 0 aliphatic carbocycles. The highest BCUT2D eigenvalue weighted by atomic mass is 19.4. The molecule has 0 aliphatic heterocycles. The number of ether oxygens (including phenoxy) is 2. The molecular weight excluding hydrogens is 527 g/mol. The van der Waals surface area contributed by atoms with Gasteiger partial charge in [0.2, 0.25) is 0 Å². The summed E-state index contributed by atoms with van der Waals surface area (Å²) >= 11 is 0. The van der Waals surface area contributed by atoms with Crippen molar-refractivity contribution < 1.29 is 27.4 Å². The van der Waals surface area contributed by atoms with E-state index in [1.54, 1.807) is 19.2 Å². The number of esters is 1. The summed E-state index contributed by atoms with van der Waals surface area (Å²) in [5, 5.41) is 0.433. The van der Waals surface area contributed by atoms with E-state index in [4.69, 9.17) is 9.47 Å². The molecule has 0 N–H and O–H groups in total. The third-order valence-electron chi connectivity index (χ3n) is 6.72. The summed E-state index contributed by atoms with van der Waals surface area (Å²) in [6.45, 7) is 2.40. The van der Waals surface area contributed by atoms with Gasteiger partial charge in [-0.05, 0) is 64.9 Å². The molecule has 0 amide bonds. The van der Waals surface area contributed by atoms with E-state index in [0.717, 1.165) is 33.9 Å². The first kappa shape index (κ1) is 27.9. The molecule has 0 bridgehead atoms. The van der Waals surface area contributed by atoms with E-state index in [1.165, 1.54) is 6.07 Å². The van der Waals surface area contributed by atoms with Crippen LogP contribution in [-0.2, 0) is 35.2 Å². The second kappa shape index (κ2) is 12.3. The highest BCUT2D eigenvalue weighted by Crippen LogP contribution is 2.39. The number of rotatable bonds is 9. The molecule has 0 saturated carbocycles. The monoisotopic (exact) mass is 555 g/mol. The smallest absolute Gasteiger partial charge is 0.418 e. The minimum absolute atomic E-state index is 0.0824. The molecule has 4 aromatic carbocycles. The molecule has 0 fully saturated rings. The predicted molar refractivity (Wildman–Crippen MR) is 153 cm³/mol. The van der Waals surface area contributed by atoms with Gasteiger partial charge in [0, 0.05) is 11.6 Å². The van der Waals surface area contributed by atoms with Crippen molar-refractivity contribution in [3.8, 4) is 16.9 Å². The van der Waals surface area contributed by atoms with E-state index in [2.05, 4.69) is 4.98 Å². The SMILES string of the molecule is CCOC(=O)Cc1ccc(COc2cccc(-c3c(Cc4ccccc4)cnc4c(C(F)(F)F)cccc34)c2)cc1. The summed E-state index contributed by atoms with van der Waals surface area (Å²) in [4.78, 5) is 16.0. The quantitative estimate of drug-likeness (QED) is 0.172. The third-order valence-corrected chi connectivity index (χ3v) is 6.72. The Morgan fingerprint density at radius 2 is 1.56 bits per heavy atom. The van der Waals surface area contributed by atoms with Crippen LogP contribution >= 0.6 is 0 Å². The Bertz CT molecular complexity index is 1650. The van der Waals surface area contributed by atoms with Gasteiger partial charge in [0.05, 0.1) is 24.1 Å². The maximum absolute atomic E-state index is 13.9. The molecule has 0 aliphatic rings. The van der Waals surface area contributed by atoms with Crippen molar-refractivity contribution in [2.24, 2.45) is 0 Å². The second-order valence-electron chi connectivity index (χ2n) is 9.64. The largest absolute Gasteiger partial charge is 0.489 e. The molecule has 5 aromatic rings. The van der Waals surface area contributed by atoms with Crippen molar-refractivity contribution in [2.45, 2.75) is 32.5 Å². The van der Waals surface area contributed by atoms with Gasteiger partial charge in [-0.2, -0.15) is 13.2 Å². The number of pyridine rings is 1. The minimum atomic E-state index is -4.53. The Kier molecular flexibility index (Phi) is 8.34. The number of nitrogens with zero attached hydrogens (tertiary/aromatic N) is 1. The van der Waals surface area contributed by atoms with E-state index in [-0.39, 0.29) is 24.5 Å². The van der Waals surface area contributed by atoms with Crippen molar-refractivity contribution in [1.29, 1.82) is 0 Å². The molecule has 4 nitrogen and oxygen atoms in total. The van der Waals surface area contributed by atoms with Gasteiger partial charge in [-0.1, -0.05) is 78.9 Å². The van der Waals surface area contributed by atoms with E-state index < -0.39 is 11.7 Å². The molecule has 0 radical (unpaired) electrons. The number of hydrogen-bond acceptors (Lipinski definition) is 4. The molecule has 208 valence electrons. The van der Waals surface area contributed by atoms with Crippen LogP contribution in [0.2, 0.25) is 0 Å². The number of para-hydroxylation sites is 1. The van der Waals surface area contributed by atoms with Crippen LogP contribution in [0.25, 0.3) is 22.0 Å². The molecule has 1 aromatic heterocycles. The summed E-state index contributed by atoms with van der Waals surface area (Å²) < 4.78 is 52.7. The summed E-state index contributed by atoms with van der Waals surface area (Å²) in [7, 11) is 0. The normalized spacial score (nSPS) is 11.4. The molecule has 41 heavy (non-hydrogen) atoms. The Morgan fingerprint density at radius 3 is 2.29 bits per heavy atom. The number of fused-ring (bicyclic) bond motifs is 1. The average molecular weight is 556 g/mol. The first-order chi connectivity index (χ1) is 19.8. The van der Waals surface area contributed by atoms with Gasteiger partial charge in [0.15, 0.2) is 0 Å². The molecule has 1 heterocycles. The van der Waals surface area contributed by atoms with Crippen LogP contribution in [0.5, 0.6) is 5.75 Å². The van der Waals surface area contributed by atoms with Crippen LogP contribution in [0, 0.1) is 0 Å². The Balaban J connectivity index is 1.46. The summed E-state index contributed by atoms with van der Waals surface area (Å²) in [5.74, 6) is 0.312. The fourth-order valence-corrected chi connectivity index (χ4v) is 4.82. The topological polar surface area (TPSA) is 48.4 Å². The molecule has 0 spiro atoms. The zero-order valence-electron chi connectivity index (χ0n) is 22.4. The third kappa shape index (κ3) is 6.74. The summed E-state index contributed by atoms with van der Waals surface area (Å²) in [6, 6.07) is 28.8. The molecule has 0 unspecified atom stereocenters. The van der Waals surface area contributed by atoms with Crippen LogP contribution < -0.4 is 4.74 Å². The number of halogens is 3. The molecule has 0 saturated heterocycles. The molecule has 0 atom stereocenters. The molecular formula is C34H28F3NO3. The minimum Gasteiger partial charge on any atom is -0.489 e. The van der Waals surface area contributed by atoms with Crippen molar-refractivity contribution in [2.75, 3.05) is 6.61 Å². The zero-order valence-corrected chi connectivity index (χ0v) is 22.4. The van der Waals surface area contributed by atoms with Gasteiger partial charge < -0.3 is 9.47 Å².